The molecule has 8 nitrogen and oxygen atoms in total. The van der Waals surface area contributed by atoms with Crippen molar-refractivity contribution in [3.8, 4) is 11.5 Å². The monoisotopic (exact) mass is 522 g/mol. The molecule has 186 valence electrons. The van der Waals surface area contributed by atoms with E-state index in [0.717, 1.165) is 20.9 Å². The number of hydrogen-bond acceptors (Lipinski definition) is 8. The van der Waals surface area contributed by atoms with E-state index in [0.29, 0.717) is 11.5 Å². The van der Waals surface area contributed by atoms with Gasteiger partial charge < -0.3 is 9.47 Å². The number of hydrazone groups is 2. The van der Waals surface area contributed by atoms with Crippen LogP contribution in [0.5, 0.6) is 11.5 Å². The third kappa shape index (κ3) is 9.47. The molecule has 3 aromatic carbocycles. The van der Waals surface area contributed by atoms with E-state index in [1.807, 2.05) is 61.0 Å². The molecule has 0 spiro atoms. The van der Waals surface area contributed by atoms with Gasteiger partial charge in [-0.2, -0.15) is 10.2 Å². The maximum atomic E-state index is 11.9. The van der Waals surface area contributed by atoms with Crippen molar-refractivity contribution < 1.29 is 19.1 Å². The fourth-order valence-electron chi connectivity index (χ4n) is 2.80. The van der Waals surface area contributed by atoms with Crippen molar-refractivity contribution in [3.63, 3.8) is 0 Å². The lowest BCUT2D eigenvalue weighted by Gasteiger charge is -2.08. The number of benzene rings is 3. The molecular formula is C26H26N4O4S2. The van der Waals surface area contributed by atoms with Gasteiger partial charge >= 0.3 is 0 Å². The van der Waals surface area contributed by atoms with E-state index < -0.39 is 0 Å². The molecule has 0 aliphatic heterocycles. The van der Waals surface area contributed by atoms with Crippen molar-refractivity contribution in [1.82, 2.24) is 10.9 Å². The molecule has 3 aromatic rings. The molecule has 2 N–H and O–H groups in total. The van der Waals surface area contributed by atoms with Gasteiger partial charge in [-0.1, -0.05) is 24.3 Å². The first-order valence-electron chi connectivity index (χ1n) is 10.8. The normalized spacial score (nSPS) is 10.9. The number of rotatable bonds is 12. The Morgan fingerprint density at radius 2 is 1.14 bits per heavy atom. The predicted molar refractivity (Wildman–Crippen MR) is 145 cm³/mol. The van der Waals surface area contributed by atoms with Gasteiger partial charge in [-0.3, -0.25) is 9.59 Å². The summed E-state index contributed by atoms with van der Waals surface area (Å²) in [6.07, 6.45) is 7.15. The summed E-state index contributed by atoms with van der Waals surface area (Å²) in [5, 5.41) is 7.90. The summed E-state index contributed by atoms with van der Waals surface area (Å²) in [4.78, 5) is 26.1. The van der Waals surface area contributed by atoms with E-state index in [2.05, 4.69) is 21.1 Å². The number of amides is 2. The molecule has 36 heavy (non-hydrogen) atoms. The Morgan fingerprint density at radius 3 is 1.53 bits per heavy atom. The molecule has 0 heterocycles. The number of thioether (sulfide) groups is 2. The van der Waals surface area contributed by atoms with E-state index in [1.54, 1.807) is 60.2 Å². The minimum absolute atomic E-state index is 0.192. The van der Waals surface area contributed by atoms with E-state index in [4.69, 9.17) is 9.47 Å². The second kappa shape index (κ2) is 14.6. The zero-order valence-electron chi connectivity index (χ0n) is 19.8. The number of nitrogens with one attached hydrogen (secondary N) is 2. The molecule has 2 amide bonds. The van der Waals surface area contributed by atoms with Crippen LogP contribution in [0.25, 0.3) is 0 Å². The second-order valence-corrected chi connectivity index (χ2v) is 8.95. The van der Waals surface area contributed by atoms with E-state index in [-0.39, 0.29) is 25.0 Å². The smallest absolute Gasteiger partial charge is 0.277 e. The fourth-order valence-corrected chi connectivity index (χ4v) is 3.73. The molecule has 0 aliphatic rings. The van der Waals surface area contributed by atoms with Crippen molar-refractivity contribution in [2.45, 2.75) is 9.79 Å². The number of carbonyl (C=O) groups is 2. The van der Waals surface area contributed by atoms with Gasteiger partial charge in [0, 0.05) is 9.79 Å². The van der Waals surface area contributed by atoms with E-state index >= 15 is 0 Å². The molecule has 0 aromatic heterocycles. The van der Waals surface area contributed by atoms with Gasteiger partial charge in [0.25, 0.3) is 11.8 Å². The van der Waals surface area contributed by atoms with Crippen LogP contribution in [0.2, 0.25) is 0 Å². The third-order valence-corrected chi connectivity index (χ3v) is 6.01. The Kier molecular flexibility index (Phi) is 10.9. The highest BCUT2D eigenvalue weighted by molar-refractivity contribution is 7.98. The molecule has 0 bridgehead atoms. The molecule has 0 aliphatic carbocycles. The largest absolute Gasteiger partial charge is 0.484 e. The zero-order chi connectivity index (χ0) is 25.6. The number of ether oxygens (including phenoxy) is 2. The average Bonchev–Trinajstić information content (AvgIpc) is 2.91. The van der Waals surface area contributed by atoms with Gasteiger partial charge in [-0.25, -0.2) is 10.9 Å². The molecule has 3 rings (SSSR count). The average molecular weight is 523 g/mol. The fraction of sp³-hybridized carbons (Fsp3) is 0.154. The van der Waals surface area contributed by atoms with Gasteiger partial charge in [0.1, 0.15) is 11.5 Å². The Bertz CT molecular complexity index is 1120. The van der Waals surface area contributed by atoms with Crippen LogP contribution >= 0.6 is 23.5 Å². The summed E-state index contributed by atoms with van der Waals surface area (Å²) in [6.45, 7) is -0.384. The summed E-state index contributed by atoms with van der Waals surface area (Å²) in [5.74, 6) is 0.196. The van der Waals surface area contributed by atoms with Crippen LogP contribution in [0.1, 0.15) is 11.1 Å². The molecular weight excluding hydrogens is 496 g/mol. The van der Waals surface area contributed by atoms with Crippen LogP contribution in [0.15, 0.2) is 92.8 Å². The van der Waals surface area contributed by atoms with Crippen LogP contribution in [0.4, 0.5) is 0 Å². The molecule has 0 saturated heterocycles. The third-order valence-electron chi connectivity index (χ3n) is 4.56. The van der Waals surface area contributed by atoms with E-state index in [1.165, 1.54) is 0 Å². The first-order valence-corrected chi connectivity index (χ1v) is 13.3. The number of nitrogens with zero attached hydrogens (tertiary/aromatic N) is 2. The van der Waals surface area contributed by atoms with Crippen LogP contribution in [0, 0.1) is 0 Å². The molecule has 10 heteroatoms. The molecule has 0 unspecified atom stereocenters. The standard InChI is InChI=1S/C26H26N4O4S2/c1-35-23-7-3-5-19(13-23)15-27-29-25(31)17-33-21-9-11-22(12-10-21)34-18-26(32)30-28-16-20-6-4-8-24(14-20)36-2/h3-16H,17-18H2,1-2H3,(H,29,31)(H,30,32)/b27-15+,28-16+. The maximum absolute atomic E-state index is 11.9. The van der Waals surface area contributed by atoms with Crippen molar-refractivity contribution in [2.24, 2.45) is 10.2 Å². The molecule has 0 saturated carbocycles. The zero-order valence-corrected chi connectivity index (χ0v) is 21.5. The summed E-state index contributed by atoms with van der Waals surface area (Å²) < 4.78 is 10.9. The number of carbonyl (C=O) groups excluding carboxylic acids is 2. The highest BCUT2D eigenvalue weighted by atomic mass is 32.2. The van der Waals surface area contributed by atoms with Crippen molar-refractivity contribution in [1.29, 1.82) is 0 Å². The lowest BCUT2D eigenvalue weighted by atomic mass is 10.2. The quantitative estimate of drug-likeness (QED) is 0.210. The first kappa shape index (κ1) is 26.8. The summed E-state index contributed by atoms with van der Waals surface area (Å²) in [7, 11) is 0. The van der Waals surface area contributed by atoms with Gasteiger partial charge in [0.05, 0.1) is 12.4 Å². The highest BCUT2D eigenvalue weighted by Crippen LogP contribution is 2.18. The number of hydrogen-bond donors (Lipinski definition) is 2. The van der Waals surface area contributed by atoms with E-state index in [9.17, 15) is 9.59 Å². The maximum Gasteiger partial charge on any atom is 0.277 e. The summed E-state index contributed by atoms with van der Waals surface area (Å²) >= 11 is 3.27. The topological polar surface area (TPSA) is 101 Å². The molecule has 0 fully saturated rings. The Morgan fingerprint density at radius 1 is 0.722 bits per heavy atom. The Balaban J connectivity index is 1.36. The second-order valence-electron chi connectivity index (χ2n) is 7.19. The van der Waals surface area contributed by atoms with Gasteiger partial charge in [0.15, 0.2) is 13.2 Å². The Hall–Kier alpha value is -3.76. The predicted octanol–water partition coefficient (Wildman–Crippen LogP) is 4.19. The minimum atomic E-state index is -0.384. The van der Waals surface area contributed by atoms with Crippen LogP contribution in [-0.2, 0) is 9.59 Å². The highest BCUT2D eigenvalue weighted by Gasteiger charge is 2.04. The molecule has 0 radical (unpaired) electrons. The van der Waals surface area contributed by atoms with Crippen molar-refractivity contribution in [2.75, 3.05) is 25.7 Å². The minimum Gasteiger partial charge on any atom is -0.484 e. The summed E-state index contributed by atoms with van der Waals surface area (Å²) in [6, 6.07) is 22.2. The summed E-state index contributed by atoms with van der Waals surface area (Å²) in [5.41, 5.74) is 6.64. The van der Waals surface area contributed by atoms with Gasteiger partial charge in [-0.15, -0.1) is 23.5 Å². The first-order chi connectivity index (χ1) is 17.6. The molecule has 0 atom stereocenters. The lowest BCUT2D eigenvalue weighted by molar-refractivity contribution is -0.123. The van der Waals surface area contributed by atoms with Crippen molar-refractivity contribution in [3.05, 3.63) is 83.9 Å². The lowest BCUT2D eigenvalue weighted by Crippen LogP contribution is -2.25. The van der Waals surface area contributed by atoms with Crippen LogP contribution in [-0.4, -0.2) is 50.0 Å². The van der Waals surface area contributed by atoms with Crippen LogP contribution < -0.4 is 20.3 Å². The Labute approximate surface area is 218 Å². The van der Waals surface area contributed by atoms with Crippen LogP contribution in [0.3, 0.4) is 0 Å². The van der Waals surface area contributed by atoms with Gasteiger partial charge in [-0.05, 0) is 72.2 Å². The SMILES string of the molecule is CSc1cccc(/C=N/NC(=O)COc2ccc(OCC(=O)N/N=C/c3cccc(SC)c3)cc2)c1. The van der Waals surface area contributed by atoms with Crippen molar-refractivity contribution >= 4 is 47.8 Å². The van der Waals surface area contributed by atoms with Gasteiger partial charge in [0.2, 0.25) is 0 Å².